The van der Waals surface area contributed by atoms with Gasteiger partial charge in [0.05, 0.1) is 11.5 Å². The number of aliphatic hydroxyl groups excluding tert-OH is 1. The number of hydrogen-bond donors (Lipinski definition) is 1. The highest BCUT2D eigenvalue weighted by Gasteiger charge is 2.64. The Morgan fingerprint density at radius 1 is 1.45 bits per heavy atom. The van der Waals surface area contributed by atoms with Gasteiger partial charge >= 0.3 is 5.97 Å². The fourth-order valence-electron chi connectivity index (χ4n) is 4.87. The topological polar surface area (TPSA) is 66.8 Å². The molecule has 112 valence electrons. The second kappa shape index (κ2) is 4.72. The van der Waals surface area contributed by atoms with Gasteiger partial charge in [0.15, 0.2) is 0 Å². The number of piperidine rings is 1. The van der Waals surface area contributed by atoms with Crippen LogP contribution < -0.4 is 0 Å². The van der Waals surface area contributed by atoms with Gasteiger partial charge in [-0.2, -0.15) is 0 Å². The highest BCUT2D eigenvalue weighted by molar-refractivity contribution is 5.85. The Balaban J connectivity index is 1.97. The van der Waals surface area contributed by atoms with Gasteiger partial charge < -0.3 is 14.7 Å². The van der Waals surface area contributed by atoms with E-state index < -0.39 is 5.41 Å². The molecule has 20 heavy (non-hydrogen) atoms. The highest BCUT2D eigenvalue weighted by atomic mass is 16.5. The van der Waals surface area contributed by atoms with E-state index in [4.69, 9.17) is 4.74 Å². The molecule has 1 amide bonds. The lowest BCUT2D eigenvalue weighted by atomic mass is 9.58. The third kappa shape index (κ3) is 1.72. The van der Waals surface area contributed by atoms with Crippen LogP contribution in [0.1, 0.15) is 39.5 Å². The van der Waals surface area contributed by atoms with E-state index in [1.807, 2.05) is 11.8 Å². The molecular weight excluding hydrogens is 258 g/mol. The van der Waals surface area contributed by atoms with Gasteiger partial charge in [-0.25, -0.2) is 0 Å². The summed E-state index contributed by atoms with van der Waals surface area (Å²) in [6.07, 6.45) is 2.87. The molecule has 1 heterocycles. The number of aliphatic hydroxyl groups is 1. The normalized spacial score (nSPS) is 42.8. The van der Waals surface area contributed by atoms with E-state index in [2.05, 4.69) is 0 Å². The average Bonchev–Trinajstić information content (AvgIpc) is 2.80. The van der Waals surface area contributed by atoms with Crippen LogP contribution in [0.4, 0.5) is 0 Å². The summed E-state index contributed by atoms with van der Waals surface area (Å²) in [7, 11) is 0. The molecule has 0 aromatic rings. The van der Waals surface area contributed by atoms with E-state index in [0.717, 1.165) is 12.8 Å². The van der Waals surface area contributed by atoms with Crippen molar-refractivity contribution in [1.82, 2.24) is 4.90 Å². The predicted octanol–water partition coefficient (Wildman–Crippen LogP) is 0.947. The van der Waals surface area contributed by atoms with Crippen molar-refractivity contribution in [2.75, 3.05) is 13.2 Å². The number of amides is 1. The maximum absolute atomic E-state index is 12.9. The molecule has 1 aliphatic heterocycles. The van der Waals surface area contributed by atoms with Crippen molar-refractivity contribution in [2.24, 2.45) is 17.3 Å². The number of carbonyl (C=O) groups excluding carboxylic acids is 2. The molecule has 4 bridgehead atoms. The van der Waals surface area contributed by atoms with Crippen molar-refractivity contribution in [1.29, 1.82) is 0 Å². The Morgan fingerprint density at radius 2 is 2.20 bits per heavy atom. The number of rotatable bonds is 3. The minimum Gasteiger partial charge on any atom is -0.465 e. The number of ether oxygens (including phenoxy) is 1. The first-order chi connectivity index (χ1) is 9.51. The molecule has 2 unspecified atom stereocenters. The fourth-order valence-corrected chi connectivity index (χ4v) is 4.87. The summed E-state index contributed by atoms with van der Waals surface area (Å²) in [4.78, 5) is 26.0. The predicted molar refractivity (Wildman–Crippen MR) is 71.7 cm³/mol. The first kappa shape index (κ1) is 13.9. The van der Waals surface area contributed by atoms with Crippen molar-refractivity contribution >= 4 is 11.9 Å². The van der Waals surface area contributed by atoms with Crippen LogP contribution in [0.25, 0.3) is 0 Å². The summed E-state index contributed by atoms with van der Waals surface area (Å²) in [5.74, 6) is 0.137. The standard InChI is InChI=1S/C15H23NO4/c1-3-16-11-5-4-10-13(11)12(18)6-7-15(10,14(16)19)8-20-9(2)17/h10-13,18H,3-8H2,1-2H3/t10?,11?,12-,13-,15-/m0/s1. The molecule has 0 radical (unpaired) electrons. The third-order valence-corrected chi connectivity index (χ3v) is 5.68. The zero-order valence-corrected chi connectivity index (χ0v) is 12.2. The Kier molecular flexibility index (Phi) is 3.27. The summed E-state index contributed by atoms with van der Waals surface area (Å²) in [6.45, 7) is 4.21. The quantitative estimate of drug-likeness (QED) is 0.782. The van der Waals surface area contributed by atoms with Gasteiger partial charge in [0.1, 0.15) is 6.61 Å². The average molecular weight is 281 g/mol. The van der Waals surface area contributed by atoms with E-state index in [-0.39, 0.29) is 42.5 Å². The van der Waals surface area contributed by atoms with Crippen LogP contribution in [-0.4, -0.2) is 47.2 Å². The Hall–Kier alpha value is -1.10. The molecular formula is C15H23NO4. The third-order valence-electron chi connectivity index (χ3n) is 5.68. The maximum Gasteiger partial charge on any atom is 0.302 e. The van der Waals surface area contributed by atoms with Crippen LogP contribution in [0.5, 0.6) is 0 Å². The molecule has 0 aromatic heterocycles. The largest absolute Gasteiger partial charge is 0.465 e. The summed E-state index contributed by atoms with van der Waals surface area (Å²) in [5, 5.41) is 10.3. The van der Waals surface area contributed by atoms with Gasteiger partial charge in [-0.3, -0.25) is 9.59 Å². The number of likely N-dealkylation sites (tertiary alicyclic amines) is 1. The van der Waals surface area contributed by atoms with Crippen LogP contribution in [0.2, 0.25) is 0 Å². The zero-order valence-electron chi connectivity index (χ0n) is 12.2. The van der Waals surface area contributed by atoms with E-state index in [1.54, 1.807) is 0 Å². The van der Waals surface area contributed by atoms with Crippen molar-refractivity contribution in [3.63, 3.8) is 0 Å². The monoisotopic (exact) mass is 281 g/mol. The summed E-state index contributed by atoms with van der Waals surface area (Å²) in [6, 6.07) is 0.179. The van der Waals surface area contributed by atoms with Gasteiger partial charge in [-0.15, -0.1) is 0 Å². The molecule has 0 spiro atoms. The van der Waals surface area contributed by atoms with Gasteiger partial charge in [0.2, 0.25) is 5.91 Å². The van der Waals surface area contributed by atoms with Crippen LogP contribution >= 0.6 is 0 Å². The van der Waals surface area contributed by atoms with Crippen LogP contribution in [0.3, 0.4) is 0 Å². The lowest BCUT2D eigenvalue weighted by molar-refractivity contribution is -0.181. The van der Waals surface area contributed by atoms with Crippen molar-refractivity contribution < 1.29 is 19.4 Å². The number of esters is 1. The molecule has 1 N–H and O–H groups in total. The maximum atomic E-state index is 12.9. The molecule has 5 atom stereocenters. The zero-order chi connectivity index (χ0) is 14.5. The molecule has 5 heteroatoms. The summed E-state index contributed by atoms with van der Waals surface area (Å²) in [5.41, 5.74) is -0.585. The molecule has 0 aromatic carbocycles. The molecule has 3 rings (SSSR count). The Morgan fingerprint density at radius 3 is 2.85 bits per heavy atom. The lowest BCUT2D eigenvalue weighted by Gasteiger charge is -2.54. The van der Waals surface area contributed by atoms with Gasteiger partial charge in [0, 0.05) is 25.4 Å². The van der Waals surface area contributed by atoms with Crippen molar-refractivity contribution in [3.05, 3.63) is 0 Å². The lowest BCUT2D eigenvalue weighted by Crippen LogP contribution is -2.64. The van der Waals surface area contributed by atoms with Crippen LogP contribution in [0, 0.1) is 17.3 Å². The number of nitrogens with zero attached hydrogens (tertiary/aromatic N) is 1. The van der Waals surface area contributed by atoms with Crippen LogP contribution in [0.15, 0.2) is 0 Å². The summed E-state index contributed by atoms with van der Waals surface area (Å²) < 4.78 is 5.24. The van der Waals surface area contributed by atoms with Gasteiger partial charge in [-0.1, -0.05) is 0 Å². The first-order valence-electron chi connectivity index (χ1n) is 7.63. The molecule has 2 aliphatic carbocycles. The van der Waals surface area contributed by atoms with Gasteiger partial charge in [-0.05, 0) is 38.5 Å². The van der Waals surface area contributed by atoms with Crippen molar-refractivity contribution in [3.8, 4) is 0 Å². The van der Waals surface area contributed by atoms with E-state index in [1.165, 1.54) is 6.92 Å². The second-order valence-electron chi connectivity index (χ2n) is 6.46. The van der Waals surface area contributed by atoms with Crippen molar-refractivity contribution in [2.45, 2.75) is 51.7 Å². The smallest absolute Gasteiger partial charge is 0.302 e. The Labute approximate surface area is 119 Å². The summed E-state index contributed by atoms with van der Waals surface area (Å²) >= 11 is 0. The SMILES string of the molecule is CCN1C(=O)[C@]2(COC(C)=O)CC[C@H](O)[C@@H]3C1CCC32. The van der Waals surface area contributed by atoms with E-state index >= 15 is 0 Å². The molecule has 1 saturated heterocycles. The number of hydrogen-bond acceptors (Lipinski definition) is 4. The molecule has 2 saturated carbocycles. The minimum absolute atomic E-state index is 0.136. The fraction of sp³-hybridized carbons (Fsp3) is 0.867. The Bertz CT molecular complexity index is 438. The molecule has 5 nitrogen and oxygen atoms in total. The van der Waals surface area contributed by atoms with E-state index in [9.17, 15) is 14.7 Å². The molecule has 3 fully saturated rings. The second-order valence-corrected chi connectivity index (χ2v) is 6.46. The van der Waals surface area contributed by atoms with E-state index in [0.29, 0.717) is 19.4 Å². The van der Waals surface area contributed by atoms with Crippen LogP contribution in [-0.2, 0) is 14.3 Å². The van der Waals surface area contributed by atoms with Gasteiger partial charge in [0.25, 0.3) is 0 Å². The molecule has 3 aliphatic rings. The highest BCUT2D eigenvalue weighted by Crippen LogP contribution is 2.58. The number of carbonyl (C=O) groups is 2. The minimum atomic E-state index is -0.585. The first-order valence-corrected chi connectivity index (χ1v) is 7.63.